The lowest BCUT2D eigenvalue weighted by Crippen LogP contribution is -2.30. The van der Waals surface area contributed by atoms with E-state index in [1.807, 2.05) is 0 Å². The van der Waals surface area contributed by atoms with Crippen molar-refractivity contribution in [2.45, 2.75) is 57.2 Å². The highest BCUT2D eigenvalue weighted by Gasteiger charge is 2.25. The van der Waals surface area contributed by atoms with Crippen LogP contribution in [0.25, 0.3) is 0 Å². The van der Waals surface area contributed by atoms with E-state index in [2.05, 4.69) is 0 Å². The van der Waals surface area contributed by atoms with Crippen molar-refractivity contribution in [2.75, 3.05) is 6.67 Å². The van der Waals surface area contributed by atoms with Gasteiger partial charge < -0.3 is 10.2 Å². The molecule has 0 rings (SSSR count). The molecule has 0 aromatic heterocycles. The maximum atomic E-state index is 12.9. The van der Waals surface area contributed by atoms with Crippen molar-refractivity contribution >= 4 is 0 Å². The normalized spacial score (nSPS) is 15.6. The van der Waals surface area contributed by atoms with Crippen molar-refractivity contribution in [1.82, 2.24) is 0 Å². The van der Waals surface area contributed by atoms with Gasteiger partial charge in [0.1, 0.15) is 6.17 Å². The fraction of sp³-hybridized carbons (Fsp3) is 1.00. The van der Waals surface area contributed by atoms with Gasteiger partial charge in [-0.25, -0.2) is 8.78 Å². The summed E-state index contributed by atoms with van der Waals surface area (Å²) < 4.78 is 37.2. The zero-order valence-corrected chi connectivity index (χ0v) is 8.71. The number of aliphatic hydroxyl groups excluding tert-OH is 1. The average molecular weight is 228 g/mol. The predicted molar refractivity (Wildman–Crippen MR) is 51.7 cm³/mol. The Morgan fingerprint density at radius 2 is 1.40 bits per heavy atom. The Kier molecular flexibility index (Phi) is 8.80. The molecule has 15 heavy (non-hydrogen) atoms. The highest BCUT2D eigenvalue weighted by atomic mass is 19.2. The second-order valence-electron chi connectivity index (χ2n) is 3.62. The molecular formula is C10H19F3O2. The Bertz CT molecular complexity index is 145. The van der Waals surface area contributed by atoms with E-state index in [-0.39, 0.29) is 13.1 Å². The van der Waals surface area contributed by atoms with Gasteiger partial charge >= 0.3 is 0 Å². The van der Waals surface area contributed by atoms with E-state index in [1.54, 1.807) is 0 Å². The summed E-state index contributed by atoms with van der Waals surface area (Å²) >= 11 is 0. The lowest BCUT2D eigenvalue weighted by Gasteiger charge is -2.14. The van der Waals surface area contributed by atoms with Crippen LogP contribution in [0.3, 0.4) is 0 Å². The van der Waals surface area contributed by atoms with Crippen molar-refractivity contribution in [2.24, 2.45) is 0 Å². The fourth-order valence-corrected chi connectivity index (χ4v) is 1.31. The first-order valence-corrected chi connectivity index (χ1v) is 5.30. The van der Waals surface area contributed by atoms with Gasteiger partial charge in [-0.05, 0) is 12.8 Å². The van der Waals surface area contributed by atoms with Crippen LogP contribution in [0.5, 0.6) is 0 Å². The molecule has 2 unspecified atom stereocenters. The summed E-state index contributed by atoms with van der Waals surface area (Å²) in [7, 11) is 0. The molecule has 0 aliphatic rings. The van der Waals surface area contributed by atoms with E-state index in [9.17, 15) is 13.2 Å². The third kappa shape index (κ3) is 7.62. The van der Waals surface area contributed by atoms with E-state index < -0.39 is 18.6 Å². The van der Waals surface area contributed by atoms with Crippen molar-refractivity contribution in [3.8, 4) is 0 Å². The van der Waals surface area contributed by atoms with Crippen molar-refractivity contribution in [1.29, 1.82) is 0 Å². The molecule has 0 amide bonds. The standard InChI is InChI=1S/C10H19F3O2/c11-7-5-3-1-2-4-6-8(12)9(13)10(14)15/h8-10,14-15H,1-7H2. The second kappa shape index (κ2) is 8.97. The third-order valence-electron chi connectivity index (χ3n) is 2.24. The van der Waals surface area contributed by atoms with E-state index in [0.717, 1.165) is 12.8 Å². The molecule has 0 bridgehead atoms. The maximum Gasteiger partial charge on any atom is 0.186 e. The maximum absolute atomic E-state index is 12.9. The van der Waals surface area contributed by atoms with Gasteiger partial charge in [0.15, 0.2) is 12.5 Å². The highest BCUT2D eigenvalue weighted by Crippen LogP contribution is 2.15. The SMILES string of the molecule is OC(O)C(F)C(F)CCCCCCCF. The van der Waals surface area contributed by atoms with E-state index >= 15 is 0 Å². The van der Waals surface area contributed by atoms with E-state index in [0.29, 0.717) is 19.3 Å². The molecule has 92 valence electrons. The quantitative estimate of drug-likeness (QED) is 0.469. The van der Waals surface area contributed by atoms with Crippen LogP contribution in [-0.4, -0.2) is 35.5 Å². The third-order valence-corrected chi connectivity index (χ3v) is 2.24. The Morgan fingerprint density at radius 1 is 0.867 bits per heavy atom. The van der Waals surface area contributed by atoms with E-state index in [1.165, 1.54) is 0 Å². The number of hydrogen-bond acceptors (Lipinski definition) is 2. The molecule has 2 atom stereocenters. The molecule has 0 aliphatic carbocycles. The highest BCUT2D eigenvalue weighted by molar-refractivity contribution is 4.69. The van der Waals surface area contributed by atoms with Gasteiger partial charge in [0.2, 0.25) is 0 Å². The van der Waals surface area contributed by atoms with Crippen molar-refractivity contribution in [3.63, 3.8) is 0 Å². The minimum Gasteiger partial charge on any atom is -0.366 e. The fourth-order valence-electron chi connectivity index (χ4n) is 1.31. The molecule has 0 aromatic rings. The second-order valence-corrected chi connectivity index (χ2v) is 3.62. The van der Waals surface area contributed by atoms with Gasteiger partial charge in [0.05, 0.1) is 6.67 Å². The zero-order valence-electron chi connectivity index (χ0n) is 8.71. The lowest BCUT2D eigenvalue weighted by molar-refractivity contribution is -0.115. The molecule has 0 aliphatic heterocycles. The number of unbranched alkanes of at least 4 members (excludes halogenated alkanes) is 4. The smallest absolute Gasteiger partial charge is 0.186 e. The Hall–Kier alpha value is -0.290. The van der Waals surface area contributed by atoms with Crippen LogP contribution in [0.15, 0.2) is 0 Å². The van der Waals surface area contributed by atoms with Gasteiger partial charge in [0, 0.05) is 0 Å². The minimum absolute atomic E-state index is 0.0194. The van der Waals surface area contributed by atoms with Crippen LogP contribution < -0.4 is 0 Å². The Balaban J connectivity index is 3.34. The molecule has 0 saturated heterocycles. The molecule has 5 heteroatoms. The molecule has 0 fully saturated rings. The van der Waals surface area contributed by atoms with Crippen LogP contribution in [0.2, 0.25) is 0 Å². The molecule has 0 saturated carbocycles. The summed E-state index contributed by atoms with van der Waals surface area (Å²) in [4.78, 5) is 0. The number of aliphatic hydroxyl groups is 2. The average Bonchev–Trinajstić information content (AvgIpc) is 2.21. The van der Waals surface area contributed by atoms with Crippen LogP contribution in [0.4, 0.5) is 13.2 Å². The molecule has 0 radical (unpaired) electrons. The number of rotatable bonds is 9. The molecular weight excluding hydrogens is 209 g/mol. The summed E-state index contributed by atoms with van der Waals surface area (Å²) in [6, 6.07) is 0. The Labute approximate surface area is 88.1 Å². The van der Waals surface area contributed by atoms with Gasteiger partial charge in [-0.3, -0.25) is 4.39 Å². The molecule has 0 spiro atoms. The van der Waals surface area contributed by atoms with Gasteiger partial charge in [-0.1, -0.05) is 25.7 Å². The Morgan fingerprint density at radius 3 is 1.93 bits per heavy atom. The monoisotopic (exact) mass is 228 g/mol. The number of hydrogen-bond donors (Lipinski definition) is 2. The predicted octanol–water partition coefficient (Wildman–Crippen LogP) is 2.28. The van der Waals surface area contributed by atoms with E-state index in [4.69, 9.17) is 10.2 Å². The van der Waals surface area contributed by atoms with Crippen LogP contribution >= 0.6 is 0 Å². The molecule has 2 nitrogen and oxygen atoms in total. The zero-order chi connectivity index (χ0) is 11.7. The first kappa shape index (κ1) is 14.7. The topological polar surface area (TPSA) is 40.5 Å². The van der Waals surface area contributed by atoms with Gasteiger partial charge in [-0.15, -0.1) is 0 Å². The van der Waals surface area contributed by atoms with Crippen LogP contribution in [-0.2, 0) is 0 Å². The largest absolute Gasteiger partial charge is 0.366 e. The summed E-state index contributed by atoms with van der Waals surface area (Å²) in [5.41, 5.74) is 0. The lowest BCUT2D eigenvalue weighted by atomic mass is 10.1. The summed E-state index contributed by atoms with van der Waals surface area (Å²) in [6.45, 7) is -0.338. The summed E-state index contributed by atoms with van der Waals surface area (Å²) in [5.74, 6) is 0. The van der Waals surface area contributed by atoms with Crippen LogP contribution in [0.1, 0.15) is 38.5 Å². The van der Waals surface area contributed by atoms with Gasteiger partial charge in [0.25, 0.3) is 0 Å². The molecule has 0 heterocycles. The van der Waals surface area contributed by atoms with Crippen molar-refractivity contribution < 1.29 is 23.4 Å². The number of alkyl halides is 3. The number of halogens is 3. The van der Waals surface area contributed by atoms with Gasteiger partial charge in [-0.2, -0.15) is 0 Å². The summed E-state index contributed by atoms with van der Waals surface area (Å²) in [6.07, 6.45) is -3.04. The van der Waals surface area contributed by atoms with Crippen molar-refractivity contribution in [3.05, 3.63) is 0 Å². The first-order chi connectivity index (χ1) is 7.09. The minimum atomic E-state index is -2.24. The first-order valence-electron chi connectivity index (χ1n) is 5.30. The summed E-state index contributed by atoms with van der Waals surface area (Å²) in [5, 5.41) is 16.7. The molecule has 0 aromatic carbocycles. The molecule has 2 N–H and O–H groups in total. The van der Waals surface area contributed by atoms with Crippen LogP contribution in [0, 0.1) is 0 Å².